The summed E-state index contributed by atoms with van der Waals surface area (Å²) in [5.74, 6) is 0. The van der Waals surface area contributed by atoms with Gasteiger partial charge in [0.25, 0.3) is 0 Å². The fourth-order valence-corrected chi connectivity index (χ4v) is 2.88. The Labute approximate surface area is 168 Å². The summed E-state index contributed by atoms with van der Waals surface area (Å²) in [7, 11) is 0. The molecule has 2 heterocycles. The van der Waals surface area contributed by atoms with Crippen molar-refractivity contribution in [3.05, 3.63) is 48.8 Å². The van der Waals surface area contributed by atoms with Crippen molar-refractivity contribution in [1.29, 1.82) is 0 Å². The van der Waals surface area contributed by atoms with Crippen LogP contribution in [0.4, 0.5) is 0 Å². The first-order chi connectivity index (χ1) is 13.9. The number of nitrogens with two attached hydrogens (primary N) is 2. The van der Waals surface area contributed by atoms with Crippen molar-refractivity contribution in [2.24, 2.45) is 11.5 Å². The number of rotatable bonds is 11. The largest absolute Gasteiger partial charge is 0.330 e. The highest BCUT2D eigenvalue weighted by Gasteiger charge is 2.00. The molecule has 0 saturated carbocycles. The minimum absolute atomic E-state index is 0.785. The molecule has 0 saturated heterocycles. The van der Waals surface area contributed by atoms with Crippen molar-refractivity contribution < 1.29 is 0 Å². The van der Waals surface area contributed by atoms with Gasteiger partial charge in [0.1, 0.15) is 0 Å². The zero-order chi connectivity index (χ0) is 19.9. The molecule has 1 aromatic carbocycles. The van der Waals surface area contributed by atoms with E-state index in [0.29, 0.717) is 0 Å². The second kappa shape index (κ2) is 14.0. The highest BCUT2D eigenvalue weighted by atomic mass is 14.9. The molecule has 0 aliphatic rings. The lowest BCUT2D eigenvalue weighted by Crippen LogP contribution is -2.22. The molecule has 152 valence electrons. The third-order valence-corrected chi connectivity index (χ3v) is 4.42. The lowest BCUT2D eigenvalue weighted by Gasteiger charge is -2.04. The molecule has 6 heteroatoms. The Morgan fingerprint density at radius 2 is 1.04 bits per heavy atom. The van der Waals surface area contributed by atoms with E-state index < -0.39 is 0 Å². The number of unbranched alkanes of at least 4 members (excludes halogenated alkanes) is 1. The molecule has 3 rings (SSSR count). The predicted molar refractivity (Wildman–Crippen MR) is 119 cm³/mol. The minimum Gasteiger partial charge on any atom is -0.330 e. The third kappa shape index (κ3) is 7.86. The number of aromatic nitrogens is 2. The maximum atomic E-state index is 5.38. The first-order valence-corrected chi connectivity index (χ1v) is 10.3. The number of nitrogens with one attached hydrogen (secondary N) is 2. The molecule has 0 aliphatic heterocycles. The number of hydrogen-bond donors (Lipinski definition) is 4. The first-order valence-electron chi connectivity index (χ1n) is 10.3. The van der Waals surface area contributed by atoms with Crippen molar-refractivity contribution >= 4 is 21.8 Å². The average molecular weight is 383 g/mol. The first kappa shape index (κ1) is 22.2. The lowest BCUT2D eigenvalue weighted by atomic mass is 10.1. The number of pyridine rings is 2. The Bertz CT molecular complexity index is 725. The van der Waals surface area contributed by atoms with Gasteiger partial charge in [-0.1, -0.05) is 24.3 Å². The highest BCUT2D eigenvalue weighted by molar-refractivity contribution is 6.02. The Hall–Kier alpha value is -2.12. The molecule has 6 N–H and O–H groups in total. The van der Waals surface area contributed by atoms with E-state index in [2.05, 4.69) is 44.9 Å². The molecular formula is C22H34N6. The summed E-state index contributed by atoms with van der Waals surface area (Å²) in [6, 6.07) is 12.1. The van der Waals surface area contributed by atoms with Gasteiger partial charge in [-0.3, -0.25) is 9.97 Å². The molecule has 0 bridgehead atoms. The molecule has 3 aromatic rings. The van der Waals surface area contributed by atoms with Gasteiger partial charge in [0.15, 0.2) is 0 Å². The monoisotopic (exact) mass is 382 g/mol. The van der Waals surface area contributed by atoms with Gasteiger partial charge in [0.05, 0.1) is 11.0 Å². The molecule has 0 spiro atoms. The van der Waals surface area contributed by atoms with Gasteiger partial charge in [0, 0.05) is 23.2 Å². The Morgan fingerprint density at radius 3 is 1.46 bits per heavy atom. The van der Waals surface area contributed by atoms with E-state index in [0.717, 1.165) is 73.9 Å². The summed E-state index contributed by atoms with van der Waals surface area (Å²) >= 11 is 0. The summed E-state index contributed by atoms with van der Waals surface area (Å²) in [5, 5.41) is 9.00. The molecular weight excluding hydrogens is 348 g/mol. The van der Waals surface area contributed by atoms with Gasteiger partial charge in [0.2, 0.25) is 0 Å². The molecule has 0 fully saturated rings. The van der Waals surface area contributed by atoms with Crippen molar-refractivity contribution in [3.63, 3.8) is 0 Å². The van der Waals surface area contributed by atoms with E-state index in [1.807, 2.05) is 12.1 Å². The molecule has 0 unspecified atom stereocenters. The SMILES string of the molecule is NCCCNCCCCNCCCN.c1cnc2c(c1)ccc1cccnc12. The summed E-state index contributed by atoms with van der Waals surface area (Å²) in [6.45, 7) is 5.90. The van der Waals surface area contributed by atoms with Crippen molar-refractivity contribution in [1.82, 2.24) is 20.6 Å². The zero-order valence-electron chi connectivity index (χ0n) is 16.7. The minimum atomic E-state index is 0.785. The predicted octanol–water partition coefficient (Wildman–Crippen LogP) is 2.43. The van der Waals surface area contributed by atoms with E-state index in [-0.39, 0.29) is 0 Å². The quantitative estimate of drug-likeness (QED) is 0.300. The van der Waals surface area contributed by atoms with E-state index in [1.165, 1.54) is 12.8 Å². The van der Waals surface area contributed by atoms with Crippen LogP contribution >= 0.6 is 0 Å². The Balaban J connectivity index is 0.000000200. The van der Waals surface area contributed by atoms with Crippen LogP contribution in [-0.4, -0.2) is 49.2 Å². The summed E-state index contributed by atoms with van der Waals surface area (Å²) in [5.41, 5.74) is 12.7. The van der Waals surface area contributed by atoms with E-state index in [1.54, 1.807) is 12.4 Å². The smallest absolute Gasteiger partial charge is 0.0964 e. The number of fused-ring (bicyclic) bond motifs is 3. The molecule has 0 amide bonds. The van der Waals surface area contributed by atoms with Crippen molar-refractivity contribution in [2.45, 2.75) is 25.7 Å². The fourth-order valence-electron chi connectivity index (χ4n) is 2.88. The van der Waals surface area contributed by atoms with Gasteiger partial charge in [-0.2, -0.15) is 0 Å². The molecule has 2 aromatic heterocycles. The number of hydrogen-bond acceptors (Lipinski definition) is 6. The summed E-state index contributed by atoms with van der Waals surface area (Å²) in [6.07, 6.45) is 8.23. The van der Waals surface area contributed by atoms with E-state index in [9.17, 15) is 0 Å². The average Bonchev–Trinajstić information content (AvgIpc) is 2.75. The second-order valence-electron chi connectivity index (χ2n) is 6.71. The molecule has 0 atom stereocenters. The Kier molecular flexibility index (Phi) is 11.1. The van der Waals surface area contributed by atoms with Crippen molar-refractivity contribution in [2.75, 3.05) is 39.3 Å². The third-order valence-electron chi connectivity index (χ3n) is 4.42. The molecule has 28 heavy (non-hydrogen) atoms. The van der Waals surface area contributed by atoms with Crippen LogP contribution in [0, 0.1) is 0 Å². The number of nitrogens with zero attached hydrogens (tertiary/aromatic N) is 2. The maximum absolute atomic E-state index is 5.38. The van der Waals surface area contributed by atoms with E-state index >= 15 is 0 Å². The van der Waals surface area contributed by atoms with Gasteiger partial charge in [-0.15, -0.1) is 0 Å². The van der Waals surface area contributed by atoms with Crippen LogP contribution in [0.2, 0.25) is 0 Å². The van der Waals surface area contributed by atoms with E-state index in [4.69, 9.17) is 11.5 Å². The highest BCUT2D eigenvalue weighted by Crippen LogP contribution is 2.20. The molecule has 0 aliphatic carbocycles. The lowest BCUT2D eigenvalue weighted by molar-refractivity contribution is 0.570. The van der Waals surface area contributed by atoms with Crippen LogP contribution < -0.4 is 22.1 Å². The zero-order valence-corrected chi connectivity index (χ0v) is 16.7. The summed E-state index contributed by atoms with van der Waals surface area (Å²) < 4.78 is 0. The van der Waals surface area contributed by atoms with Crippen LogP contribution in [0.5, 0.6) is 0 Å². The van der Waals surface area contributed by atoms with Crippen molar-refractivity contribution in [3.8, 4) is 0 Å². The van der Waals surface area contributed by atoms with Crippen LogP contribution in [0.15, 0.2) is 48.8 Å². The van der Waals surface area contributed by atoms with Crippen LogP contribution in [0.25, 0.3) is 21.8 Å². The van der Waals surface area contributed by atoms with Crippen LogP contribution in [0.3, 0.4) is 0 Å². The van der Waals surface area contributed by atoms with Gasteiger partial charge in [-0.25, -0.2) is 0 Å². The van der Waals surface area contributed by atoms with Gasteiger partial charge < -0.3 is 22.1 Å². The van der Waals surface area contributed by atoms with Crippen LogP contribution in [-0.2, 0) is 0 Å². The topological polar surface area (TPSA) is 102 Å². The second-order valence-corrected chi connectivity index (χ2v) is 6.71. The number of benzene rings is 1. The maximum Gasteiger partial charge on any atom is 0.0964 e. The standard InChI is InChI=1S/C12H8N2.C10H26N4/c1-3-9-5-6-10-4-2-8-14-12(10)11(9)13-7-1;11-5-3-9-13-7-1-2-8-14-10-4-6-12/h1-8H;13-14H,1-12H2. The normalized spacial score (nSPS) is 10.8. The Morgan fingerprint density at radius 1 is 0.607 bits per heavy atom. The summed E-state index contributed by atoms with van der Waals surface area (Å²) in [4.78, 5) is 8.69. The molecule has 6 nitrogen and oxygen atoms in total. The van der Waals surface area contributed by atoms with Crippen LogP contribution in [0.1, 0.15) is 25.7 Å². The van der Waals surface area contributed by atoms with Gasteiger partial charge >= 0.3 is 0 Å². The molecule has 0 radical (unpaired) electrons. The fraction of sp³-hybridized carbons (Fsp3) is 0.455. The van der Waals surface area contributed by atoms with Gasteiger partial charge in [-0.05, 0) is 77.1 Å².